The van der Waals surface area contributed by atoms with Gasteiger partial charge < -0.3 is 14.4 Å². The normalized spacial score (nSPS) is 15.7. The van der Waals surface area contributed by atoms with Gasteiger partial charge in [0.2, 0.25) is 0 Å². The molecule has 1 saturated heterocycles. The second kappa shape index (κ2) is 9.48. The first-order valence-electron chi connectivity index (χ1n) is 9.15. The van der Waals surface area contributed by atoms with Gasteiger partial charge in [-0.1, -0.05) is 41.4 Å². The van der Waals surface area contributed by atoms with E-state index in [0.717, 1.165) is 0 Å². The molecule has 6 nitrogen and oxygen atoms in total. The molecular formula is C21H22Cl2N2O4. The van der Waals surface area contributed by atoms with Gasteiger partial charge in [-0.15, -0.1) is 0 Å². The van der Waals surface area contributed by atoms with E-state index in [1.165, 1.54) is 14.2 Å². The van der Waals surface area contributed by atoms with E-state index in [4.69, 9.17) is 32.7 Å². The van der Waals surface area contributed by atoms with Crippen LogP contribution in [0.5, 0.6) is 5.75 Å². The topological polar surface area (TPSA) is 59.1 Å². The Hall–Kier alpha value is -2.28. The fraction of sp³-hybridized carbons (Fsp3) is 0.333. The number of piperazine rings is 1. The summed E-state index contributed by atoms with van der Waals surface area (Å²) in [5, 5.41) is 0.974. The number of benzene rings is 2. The molecule has 0 spiro atoms. The number of hydrogen-bond donors (Lipinski definition) is 0. The summed E-state index contributed by atoms with van der Waals surface area (Å²) >= 11 is 12.4. The number of halogens is 2. The molecule has 1 fully saturated rings. The standard InChI is InChI=1S/C21H22Cl2N2O4/c1-28-18-8-7-14(22)13-16(18)20(26)25-11-9-24(10-12-25)19(21(27)29-2)15-5-3-4-6-17(15)23/h3-8,13,19H,9-12H2,1-2H3. The van der Waals surface area contributed by atoms with E-state index >= 15 is 0 Å². The van der Waals surface area contributed by atoms with E-state index in [1.807, 2.05) is 23.1 Å². The van der Waals surface area contributed by atoms with Gasteiger partial charge in [0.15, 0.2) is 0 Å². The number of methoxy groups -OCH3 is 2. The molecule has 0 aliphatic carbocycles. The Labute approximate surface area is 179 Å². The van der Waals surface area contributed by atoms with Crippen molar-refractivity contribution in [2.75, 3.05) is 40.4 Å². The van der Waals surface area contributed by atoms with Crippen LogP contribution >= 0.6 is 23.2 Å². The Balaban J connectivity index is 1.76. The first-order chi connectivity index (χ1) is 14.0. The highest BCUT2D eigenvalue weighted by Crippen LogP contribution is 2.30. The minimum Gasteiger partial charge on any atom is -0.496 e. The van der Waals surface area contributed by atoms with Crippen LogP contribution in [0.1, 0.15) is 22.0 Å². The first kappa shape index (κ1) is 21.4. The van der Waals surface area contributed by atoms with Crippen molar-refractivity contribution < 1.29 is 19.1 Å². The molecule has 1 aliphatic heterocycles. The van der Waals surface area contributed by atoms with E-state index in [1.54, 1.807) is 29.2 Å². The lowest BCUT2D eigenvalue weighted by Gasteiger charge is -2.38. The average Bonchev–Trinajstić information content (AvgIpc) is 2.75. The molecule has 3 rings (SSSR count). The summed E-state index contributed by atoms with van der Waals surface area (Å²) in [6.45, 7) is 1.90. The third-order valence-electron chi connectivity index (χ3n) is 4.98. The zero-order chi connectivity index (χ0) is 21.0. The van der Waals surface area contributed by atoms with Crippen LogP contribution < -0.4 is 4.74 Å². The molecule has 1 heterocycles. The highest BCUT2D eigenvalue weighted by molar-refractivity contribution is 6.31. The number of amides is 1. The predicted octanol–water partition coefficient (Wildman–Crippen LogP) is 3.67. The summed E-state index contributed by atoms with van der Waals surface area (Å²) in [4.78, 5) is 29.2. The summed E-state index contributed by atoms with van der Waals surface area (Å²) in [5.41, 5.74) is 1.11. The number of carbonyl (C=O) groups is 2. The van der Waals surface area contributed by atoms with Crippen LogP contribution in [-0.2, 0) is 9.53 Å². The maximum Gasteiger partial charge on any atom is 0.327 e. The molecule has 8 heteroatoms. The van der Waals surface area contributed by atoms with E-state index in [2.05, 4.69) is 0 Å². The lowest BCUT2D eigenvalue weighted by molar-refractivity contribution is -0.148. The van der Waals surface area contributed by atoms with Crippen molar-refractivity contribution in [3.8, 4) is 5.75 Å². The molecule has 1 aliphatic rings. The highest BCUT2D eigenvalue weighted by Gasteiger charge is 2.34. The van der Waals surface area contributed by atoms with Crippen molar-refractivity contribution >= 4 is 35.1 Å². The maximum atomic E-state index is 13.0. The van der Waals surface area contributed by atoms with Gasteiger partial charge in [0.1, 0.15) is 11.8 Å². The second-order valence-corrected chi connectivity index (χ2v) is 7.46. The fourth-order valence-corrected chi connectivity index (χ4v) is 3.89. The number of carbonyl (C=O) groups excluding carboxylic acids is 2. The monoisotopic (exact) mass is 436 g/mol. The van der Waals surface area contributed by atoms with Crippen LogP contribution in [0.2, 0.25) is 10.0 Å². The Morgan fingerprint density at radius 1 is 1.00 bits per heavy atom. The molecule has 1 amide bonds. The van der Waals surface area contributed by atoms with Gasteiger partial charge in [-0.2, -0.15) is 0 Å². The summed E-state index contributed by atoms with van der Waals surface area (Å²) in [6.07, 6.45) is 0. The van der Waals surface area contributed by atoms with E-state index < -0.39 is 6.04 Å². The third-order valence-corrected chi connectivity index (χ3v) is 5.56. The molecule has 0 bridgehead atoms. The van der Waals surface area contributed by atoms with Crippen LogP contribution in [0.4, 0.5) is 0 Å². The van der Waals surface area contributed by atoms with E-state index in [0.29, 0.717) is 53.1 Å². The van der Waals surface area contributed by atoms with Crippen LogP contribution in [0.25, 0.3) is 0 Å². The summed E-state index contributed by atoms with van der Waals surface area (Å²) < 4.78 is 10.3. The molecule has 29 heavy (non-hydrogen) atoms. The minimum absolute atomic E-state index is 0.156. The van der Waals surface area contributed by atoms with Gasteiger partial charge in [0.25, 0.3) is 5.91 Å². The van der Waals surface area contributed by atoms with Gasteiger partial charge in [-0.3, -0.25) is 9.69 Å². The van der Waals surface area contributed by atoms with Crippen LogP contribution in [0.15, 0.2) is 42.5 Å². The summed E-state index contributed by atoms with van der Waals surface area (Å²) in [5.74, 6) is -0.0592. The summed E-state index contributed by atoms with van der Waals surface area (Å²) in [6, 6.07) is 11.6. The lowest BCUT2D eigenvalue weighted by atomic mass is 10.0. The molecule has 1 atom stereocenters. The van der Waals surface area contributed by atoms with Gasteiger partial charge >= 0.3 is 5.97 Å². The van der Waals surface area contributed by atoms with Crippen molar-refractivity contribution in [1.82, 2.24) is 9.80 Å². The maximum absolute atomic E-state index is 13.0. The quantitative estimate of drug-likeness (QED) is 0.669. The van der Waals surface area contributed by atoms with E-state index in [9.17, 15) is 9.59 Å². The number of rotatable bonds is 5. The number of esters is 1. The smallest absolute Gasteiger partial charge is 0.327 e. The lowest BCUT2D eigenvalue weighted by Crippen LogP contribution is -2.51. The first-order valence-corrected chi connectivity index (χ1v) is 9.91. The van der Waals surface area contributed by atoms with Gasteiger partial charge in [-0.25, -0.2) is 4.79 Å². The fourth-order valence-electron chi connectivity index (χ4n) is 3.48. The Morgan fingerprint density at radius 2 is 1.69 bits per heavy atom. The predicted molar refractivity (Wildman–Crippen MR) is 112 cm³/mol. The van der Waals surface area contributed by atoms with Gasteiger partial charge in [0.05, 0.1) is 19.8 Å². The molecule has 2 aromatic carbocycles. The van der Waals surface area contributed by atoms with Crippen LogP contribution in [0.3, 0.4) is 0 Å². The Bertz CT molecular complexity index is 898. The van der Waals surface area contributed by atoms with Gasteiger partial charge in [-0.05, 0) is 29.8 Å². The Morgan fingerprint density at radius 3 is 2.31 bits per heavy atom. The van der Waals surface area contributed by atoms with Crippen LogP contribution in [-0.4, -0.2) is 62.1 Å². The molecule has 154 valence electrons. The number of hydrogen-bond acceptors (Lipinski definition) is 5. The third kappa shape index (κ3) is 4.66. The molecular weight excluding hydrogens is 415 g/mol. The van der Waals surface area contributed by atoms with Crippen molar-refractivity contribution in [3.63, 3.8) is 0 Å². The zero-order valence-electron chi connectivity index (χ0n) is 16.2. The van der Waals surface area contributed by atoms with Gasteiger partial charge in [0, 0.05) is 36.2 Å². The molecule has 0 aromatic heterocycles. The molecule has 2 aromatic rings. The Kier molecular flexibility index (Phi) is 7.00. The molecule has 0 N–H and O–H groups in total. The molecule has 0 radical (unpaired) electrons. The van der Waals surface area contributed by atoms with Crippen molar-refractivity contribution in [3.05, 3.63) is 63.6 Å². The minimum atomic E-state index is -0.619. The average molecular weight is 437 g/mol. The molecule has 1 unspecified atom stereocenters. The largest absolute Gasteiger partial charge is 0.496 e. The van der Waals surface area contributed by atoms with Crippen LogP contribution in [0, 0.1) is 0 Å². The number of ether oxygens (including phenoxy) is 2. The van der Waals surface area contributed by atoms with Crippen molar-refractivity contribution in [2.24, 2.45) is 0 Å². The number of nitrogens with zero attached hydrogens (tertiary/aromatic N) is 2. The van der Waals surface area contributed by atoms with E-state index in [-0.39, 0.29) is 11.9 Å². The summed E-state index contributed by atoms with van der Waals surface area (Å²) in [7, 11) is 2.87. The van der Waals surface area contributed by atoms with Crippen molar-refractivity contribution in [1.29, 1.82) is 0 Å². The highest BCUT2D eigenvalue weighted by atomic mass is 35.5. The molecule has 0 saturated carbocycles. The second-order valence-electron chi connectivity index (χ2n) is 6.62. The zero-order valence-corrected chi connectivity index (χ0v) is 17.7. The van der Waals surface area contributed by atoms with Crippen molar-refractivity contribution in [2.45, 2.75) is 6.04 Å². The SMILES string of the molecule is COC(=O)C(c1ccccc1Cl)N1CCN(C(=O)c2cc(Cl)ccc2OC)CC1.